The van der Waals surface area contributed by atoms with Crippen molar-refractivity contribution in [2.24, 2.45) is 10.9 Å². The highest BCUT2D eigenvalue weighted by molar-refractivity contribution is 5.98. The summed E-state index contributed by atoms with van der Waals surface area (Å²) in [6.07, 6.45) is 0. The maximum absolute atomic E-state index is 12.9. The van der Waals surface area contributed by atoms with E-state index < -0.39 is 11.6 Å². The molecule has 5 heteroatoms. The van der Waals surface area contributed by atoms with Crippen molar-refractivity contribution in [1.82, 2.24) is 0 Å². The lowest BCUT2D eigenvalue weighted by Gasteiger charge is -2.04. The van der Waals surface area contributed by atoms with Gasteiger partial charge in [0.05, 0.1) is 0 Å². The molecule has 0 spiro atoms. The first-order valence-electron chi connectivity index (χ1n) is 3.49. The van der Waals surface area contributed by atoms with Gasteiger partial charge in [-0.3, -0.25) is 0 Å². The molecule has 3 N–H and O–H groups in total. The summed E-state index contributed by atoms with van der Waals surface area (Å²) in [4.78, 5) is 0. The number of hydrogen-bond acceptors (Lipinski definition) is 2. The zero-order chi connectivity index (χ0) is 10.0. The zero-order valence-electron chi connectivity index (χ0n) is 6.88. The standard InChI is InChI=1S/C8H8F2N2O/c1-4-6(8(11)12-13)2-5(9)3-7(4)10/h2-3,13H,1H3,(H2,11,12). The van der Waals surface area contributed by atoms with E-state index in [-0.39, 0.29) is 17.0 Å². The largest absolute Gasteiger partial charge is 0.409 e. The summed E-state index contributed by atoms with van der Waals surface area (Å²) in [6, 6.07) is 1.75. The Kier molecular flexibility index (Phi) is 2.46. The van der Waals surface area contributed by atoms with E-state index in [2.05, 4.69) is 5.16 Å². The monoisotopic (exact) mass is 186 g/mol. The van der Waals surface area contributed by atoms with Crippen molar-refractivity contribution in [3.63, 3.8) is 0 Å². The summed E-state index contributed by atoms with van der Waals surface area (Å²) in [5.74, 6) is -1.79. The van der Waals surface area contributed by atoms with Gasteiger partial charge in [0.2, 0.25) is 0 Å². The maximum atomic E-state index is 12.9. The van der Waals surface area contributed by atoms with Gasteiger partial charge < -0.3 is 10.9 Å². The molecule has 1 rings (SSSR count). The Morgan fingerprint density at radius 2 is 2.08 bits per heavy atom. The molecule has 0 heterocycles. The van der Waals surface area contributed by atoms with Gasteiger partial charge in [-0.2, -0.15) is 0 Å². The van der Waals surface area contributed by atoms with Crippen LogP contribution in [0, 0.1) is 18.6 Å². The number of rotatable bonds is 1. The summed E-state index contributed by atoms with van der Waals surface area (Å²) in [6.45, 7) is 1.42. The molecular weight excluding hydrogens is 178 g/mol. The molecule has 0 aliphatic heterocycles. The highest BCUT2D eigenvalue weighted by Crippen LogP contribution is 2.14. The van der Waals surface area contributed by atoms with E-state index in [9.17, 15) is 8.78 Å². The van der Waals surface area contributed by atoms with E-state index in [0.29, 0.717) is 0 Å². The summed E-state index contributed by atoms with van der Waals surface area (Å²) in [5.41, 5.74) is 5.40. The van der Waals surface area contributed by atoms with Gasteiger partial charge >= 0.3 is 0 Å². The third-order valence-electron chi connectivity index (χ3n) is 1.69. The van der Waals surface area contributed by atoms with Gasteiger partial charge in [0.1, 0.15) is 11.6 Å². The molecule has 0 atom stereocenters. The molecule has 0 saturated heterocycles. The van der Waals surface area contributed by atoms with E-state index in [1.807, 2.05) is 0 Å². The smallest absolute Gasteiger partial charge is 0.170 e. The van der Waals surface area contributed by atoms with Crippen LogP contribution in [-0.4, -0.2) is 11.0 Å². The summed E-state index contributed by atoms with van der Waals surface area (Å²) in [5, 5.41) is 11.0. The van der Waals surface area contributed by atoms with Crippen molar-refractivity contribution in [2.75, 3.05) is 0 Å². The van der Waals surface area contributed by atoms with Crippen LogP contribution < -0.4 is 5.73 Å². The van der Waals surface area contributed by atoms with Crippen molar-refractivity contribution >= 4 is 5.84 Å². The number of oxime groups is 1. The maximum Gasteiger partial charge on any atom is 0.170 e. The Morgan fingerprint density at radius 3 is 2.62 bits per heavy atom. The van der Waals surface area contributed by atoms with E-state index >= 15 is 0 Å². The molecular formula is C8H8F2N2O. The quantitative estimate of drug-likeness (QED) is 0.301. The predicted molar refractivity (Wildman–Crippen MR) is 43.6 cm³/mol. The highest BCUT2D eigenvalue weighted by atomic mass is 19.1. The fourth-order valence-electron chi connectivity index (χ4n) is 0.966. The van der Waals surface area contributed by atoms with Gasteiger partial charge in [-0.05, 0) is 18.6 Å². The Hall–Kier alpha value is -1.65. The van der Waals surface area contributed by atoms with Crippen LogP contribution in [0.4, 0.5) is 8.78 Å². The highest BCUT2D eigenvalue weighted by Gasteiger charge is 2.10. The minimum absolute atomic E-state index is 0.0556. The number of halogens is 2. The van der Waals surface area contributed by atoms with E-state index in [1.165, 1.54) is 6.92 Å². The van der Waals surface area contributed by atoms with Gasteiger partial charge in [-0.15, -0.1) is 0 Å². The van der Waals surface area contributed by atoms with Crippen molar-refractivity contribution < 1.29 is 14.0 Å². The first-order chi connectivity index (χ1) is 6.06. The average Bonchev–Trinajstić information content (AvgIpc) is 2.10. The third kappa shape index (κ3) is 1.74. The second-order valence-corrected chi connectivity index (χ2v) is 2.55. The number of benzene rings is 1. The first-order valence-corrected chi connectivity index (χ1v) is 3.49. The van der Waals surface area contributed by atoms with Gasteiger partial charge in [0, 0.05) is 11.6 Å². The van der Waals surface area contributed by atoms with Gasteiger partial charge in [0.15, 0.2) is 5.84 Å². The Labute approximate surface area is 73.5 Å². The first kappa shape index (κ1) is 9.44. The minimum Gasteiger partial charge on any atom is -0.409 e. The molecule has 0 bridgehead atoms. The fraction of sp³-hybridized carbons (Fsp3) is 0.125. The number of nitrogens with two attached hydrogens (primary N) is 1. The molecule has 1 aromatic carbocycles. The zero-order valence-corrected chi connectivity index (χ0v) is 6.88. The van der Waals surface area contributed by atoms with Gasteiger partial charge in [-0.1, -0.05) is 5.16 Å². The van der Waals surface area contributed by atoms with Crippen LogP contribution in [0.25, 0.3) is 0 Å². The number of amidine groups is 1. The second kappa shape index (κ2) is 3.38. The van der Waals surface area contributed by atoms with Crippen molar-refractivity contribution in [3.8, 4) is 0 Å². The van der Waals surface area contributed by atoms with E-state index in [0.717, 1.165) is 12.1 Å². The van der Waals surface area contributed by atoms with E-state index in [4.69, 9.17) is 10.9 Å². The summed E-state index contributed by atoms with van der Waals surface area (Å²) < 4.78 is 25.6. The summed E-state index contributed by atoms with van der Waals surface area (Å²) in [7, 11) is 0. The molecule has 1 aromatic rings. The van der Waals surface area contributed by atoms with Crippen LogP contribution in [0.5, 0.6) is 0 Å². The van der Waals surface area contributed by atoms with Crippen LogP contribution in [0.3, 0.4) is 0 Å². The fourth-order valence-corrected chi connectivity index (χ4v) is 0.966. The normalized spacial score (nSPS) is 11.8. The SMILES string of the molecule is Cc1c(F)cc(F)cc1C(N)=NO. The molecule has 0 aromatic heterocycles. The Balaban J connectivity index is 3.37. The lowest BCUT2D eigenvalue weighted by Crippen LogP contribution is -2.15. The predicted octanol–water partition coefficient (Wildman–Crippen LogP) is 1.37. The van der Waals surface area contributed by atoms with Crippen LogP contribution in [0.15, 0.2) is 17.3 Å². The van der Waals surface area contributed by atoms with Crippen LogP contribution >= 0.6 is 0 Å². The Bertz CT molecular complexity index is 363. The summed E-state index contributed by atoms with van der Waals surface area (Å²) >= 11 is 0. The molecule has 0 aliphatic carbocycles. The molecule has 70 valence electrons. The second-order valence-electron chi connectivity index (χ2n) is 2.55. The van der Waals surface area contributed by atoms with Crippen molar-refractivity contribution in [2.45, 2.75) is 6.92 Å². The molecule has 0 amide bonds. The third-order valence-corrected chi connectivity index (χ3v) is 1.69. The molecule has 0 radical (unpaired) electrons. The lowest BCUT2D eigenvalue weighted by atomic mass is 10.1. The Morgan fingerprint density at radius 1 is 1.46 bits per heavy atom. The molecule has 0 aliphatic rings. The van der Waals surface area contributed by atoms with Crippen molar-refractivity contribution in [1.29, 1.82) is 0 Å². The molecule has 3 nitrogen and oxygen atoms in total. The molecule has 0 fully saturated rings. The topological polar surface area (TPSA) is 58.6 Å². The molecule has 13 heavy (non-hydrogen) atoms. The van der Waals surface area contributed by atoms with Crippen LogP contribution in [0.1, 0.15) is 11.1 Å². The van der Waals surface area contributed by atoms with Crippen molar-refractivity contribution in [3.05, 3.63) is 34.9 Å². The van der Waals surface area contributed by atoms with Gasteiger partial charge in [-0.25, -0.2) is 8.78 Å². The number of hydrogen-bond donors (Lipinski definition) is 2. The molecule has 0 saturated carbocycles. The lowest BCUT2D eigenvalue weighted by molar-refractivity contribution is 0.318. The number of nitrogens with zero attached hydrogens (tertiary/aromatic N) is 1. The van der Waals surface area contributed by atoms with Crippen LogP contribution in [0.2, 0.25) is 0 Å². The minimum atomic E-state index is -0.760. The molecule has 0 unspecified atom stereocenters. The van der Waals surface area contributed by atoms with Gasteiger partial charge in [0.25, 0.3) is 0 Å². The average molecular weight is 186 g/mol. The van der Waals surface area contributed by atoms with Crippen LogP contribution in [-0.2, 0) is 0 Å². The van der Waals surface area contributed by atoms with E-state index in [1.54, 1.807) is 0 Å².